The Bertz CT molecular complexity index is 666. The molecular formula is C19H28N3OS+. The number of rotatable bonds is 5. The highest BCUT2D eigenvalue weighted by Crippen LogP contribution is 2.25. The number of nitrogens with one attached hydrogen (secondary N) is 2. The Morgan fingerprint density at radius 3 is 2.88 bits per heavy atom. The Labute approximate surface area is 148 Å². The first-order chi connectivity index (χ1) is 11.5. The van der Waals surface area contributed by atoms with Gasteiger partial charge in [-0.2, -0.15) is 0 Å². The summed E-state index contributed by atoms with van der Waals surface area (Å²) in [6, 6.07) is 8.80. The van der Waals surface area contributed by atoms with Crippen molar-refractivity contribution in [3.05, 3.63) is 29.3 Å². The van der Waals surface area contributed by atoms with Gasteiger partial charge in [-0.15, -0.1) is 11.3 Å². The number of hydrogen-bond acceptors (Lipinski definition) is 3. The largest absolute Gasteiger partial charge is 0.348 e. The van der Waals surface area contributed by atoms with Gasteiger partial charge < -0.3 is 10.2 Å². The van der Waals surface area contributed by atoms with Gasteiger partial charge >= 0.3 is 0 Å². The summed E-state index contributed by atoms with van der Waals surface area (Å²) >= 11 is 1.73. The van der Waals surface area contributed by atoms with E-state index in [0.717, 1.165) is 16.9 Å². The van der Waals surface area contributed by atoms with Gasteiger partial charge in [0.1, 0.15) is 6.04 Å². The summed E-state index contributed by atoms with van der Waals surface area (Å²) in [5.41, 5.74) is 1.05. The maximum atomic E-state index is 12.4. The molecule has 5 heteroatoms. The van der Waals surface area contributed by atoms with Crippen LogP contribution in [0.1, 0.15) is 50.6 Å². The molecule has 4 atom stereocenters. The summed E-state index contributed by atoms with van der Waals surface area (Å²) in [5.74, 6) is 0.768. The number of likely N-dealkylation sites (N-methyl/N-ethyl adjacent to an activating group) is 1. The second-order valence-corrected chi connectivity index (χ2v) is 8.26. The maximum Gasteiger partial charge on any atom is 0.275 e. The highest BCUT2D eigenvalue weighted by Gasteiger charge is 2.26. The van der Waals surface area contributed by atoms with Gasteiger partial charge in [0.05, 0.1) is 17.3 Å². The zero-order valence-electron chi connectivity index (χ0n) is 14.8. The molecule has 1 fully saturated rings. The van der Waals surface area contributed by atoms with E-state index in [1.54, 1.807) is 11.3 Å². The van der Waals surface area contributed by atoms with Crippen LogP contribution in [-0.4, -0.2) is 30.5 Å². The number of benzene rings is 1. The molecule has 1 aliphatic rings. The zero-order chi connectivity index (χ0) is 17.1. The third-order valence-electron chi connectivity index (χ3n) is 5.32. The van der Waals surface area contributed by atoms with Crippen molar-refractivity contribution < 1.29 is 9.69 Å². The molecule has 0 spiro atoms. The third kappa shape index (κ3) is 3.95. The summed E-state index contributed by atoms with van der Waals surface area (Å²) in [7, 11) is 2.08. The van der Waals surface area contributed by atoms with E-state index in [1.165, 1.54) is 28.9 Å². The van der Waals surface area contributed by atoms with Crippen molar-refractivity contribution in [2.75, 3.05) is 13.6 Å². The van der Waals surface area contributed by atoms with E-state index in [9.17, 15) is 4.79 Å². The quantitative estimate of drug-likeness (QED) is 0.874. The van der Waals surface area contributed by atoms with Crippen LogP contribution in [0.4, 0.5) is 0 Å². The normalized spacial score (nSPS) is 23.8. The predicted molar refractivity (Wildman–Crippen MR) is 99.4 cm³/mol. The molecule has 1 unspecified atom stereocenters. The number of para-hydroxylation sites is 1. The van der Waals surface area contributed by atoms with Gasteiger partial charge in [-0.05, 0) is 37.8 Å². The first kappa shape index (κ1) is 17.4. The number of thiazole rings is 1. The third-order valence-corrected chi connectivity index (χ3v) is 6.54. The number of nitrogens with zero attached hydrogens (tertiary/aromatic N) is 1. The number of amides is 1. The lowest BCUT2D eigenvalue weighted by molar-refractivity contribution is -0.902. The van der Waals surface area contributed by atoms with Gasteiger partial charge in [0, 0.05) is 6.04 Å². The van der Waals surface area contributed by atoms with Crippen molar-refractivity contribution in [3.8, 4) is 0 Å². The van der Waals surface area contributed by atoms with Crippen LogP contribution in [-0.2, 0) is 4.79 Å². The van der Waals surface area contributed by atoms with E-state index in [1.807, 2.05) is 12.1 Å². The molecule has 2 N–H and O–H groups in total. The van der Waals surface area contributed by atoms with E-state index in [-0.39, 0.29) is 11.9 Å². The van der Waals surface area contributed by atoms with Crippen LogP contribution in [0.3, 0.4) is 0 Å². The molecule has 0 aliphatic heterocycles. The van der Waals surface area contributed by atoms with E-state index in [4.69, 9.17) is 4.98 Å². The Hall–Kier alpha value is -1.46. The van der Waals surface area contributed by atoms with Crippen molar-refractivity contribution in [1.82, 2.24) is 10.3 Å². The molecule has 0 radical (unpaired) electrons. The highest BCUT2D eigenvalue weighted by molar-refractivity contribution is 7.18. The summed E-state index contributed by atoms with van der Waals surface area (Å²) in [4.78, 5) is 18.4. The summed E-state index contributed by atoms with van der Waals surface area (Å²) in [6.45, 7) is 4.91. The number of hydrogen-bond donors (Lipinski definition) is 2. The molecule has 0 bridgehead atoms. The molecule has 1 aliphatic carbocycles. The molecule has 1 heterocycles. The topological polar surface area (TPSA) is 46.4 Å². The van der Waals surface area contributed by atoms with Gasteiger partial charge in [-0.25, -0.2) is 4.98 Å². The molecule has 1 amide bonds. The molecule has 130 valence electrons. The molecule has 0 saturated heterocycles. The van der Waals surface area contributed by atoms with Crippen molar-refractivity contribution in [2.24, 2.45) is 5.92 Å². The van der Waals surface area contributed by atoms with E-state index in [0.29, 0.717) is 18.5 Å². The molecule has 1 saturated carbocycles. The monoisotopic (exact) mass is 346 g/mol. The van der Waals surface area contributed by atoms with Gasteiger partial charge in [0.2, 0.25) is 0 Å². The second kappa shape index (κ2) is 7.62. The lowest BCUT2D eigenvalue weighted by Gasteiger charge is -2.30. The van der Waals surface area contributed by atoms with Gasteiger partial charge in [0.15, 0.2) is 11.6 Å². The van der Waals surface area contributed by atoms with Crippen molar-refractivity contribution in [2.45, 2.75) is 51.6 Å². The van der Waals surface area contributed by atoms with Crippen LogP contribution in [0.25, 0.3) is 10.2 Å². The van der Waals surface area contributed by atoms with Crippen LogP contribution < -0.4 is 10.2 Å². The number of aromatic nitrogens is 1. The van der Waals surface area contributed by atoms with Crippen LogP contribution >= 0.6 is 11.3 Å². The minimum absolute atomic E-state index is 0.166. The predicted octanol–water partition coefficient (Wildman–Crippen LogP) is 2.57. The number of carbonyl (C=O) groups excluding carboxylic acids is 1. The fourth-order valence-corrected chi connectivity index (χ4v) is 4.59. The Kier molecular flexibility index (Phi) is 5.51. The fourth-order valence-electron chi connectivity index (χ4n) is 3.48. The number of carbonyl (C=O) groups is 1. The molecule has 4 nitrogen and oxygen atoms in total. The molecule has 3 rings (SSSR count). The van der Waals surface area contributed by atoms with Crippen LogP contribution in [0.15, 0.2) is 24.3 Å². The Morgan fingerprint density at radius 2 is 2.12 bits per heavy atom. The van der Waals surface area contributed by atoms with Crippen molar-refractivity contribution in [3.63, 3.8) is 0 Å². The van der Waals surface area contributed by atoms with Crippen LogP contribution in [0, 0.1) is 5.92 Å². The Balaban J connectivity index is 1.58. The average Bonchev–Trinajstić information content (AvgIpc) is 3.00. The Morgan fingerprint density at radius 1 is 1.38 bits per heavy atom. The first-order valence-corrected chi connectivity index (χ1v) is 9.83. The maximum absolute atomic E-state index is 12.4. The second-order valence-electron chi connectivity index (χ2n) is 7.20. The van der Waals surface area contributed by atoms with Crippen LogP contribution in [0.5, 0.6) is 0 Å². The fraction of sp³-hybridized carbons (Fsp3) is 0.579. The summed E-state index contributed by atoms with van der Waals surface area (Å²) in [6.07, 6.45) is 4.89. The minimum Gasteiger partial charge on any atom is -0.348 e. The molecule has 1 aromatic heterocycles. The SMILES string of the molecule is C[C@@H]1CCCC[C@@H]1NC(=O)C[NH+](C)[C@@H](C)c1nc2ccccc2s1. The molecule has 2 aromatic rings. The molecular weight excluding hydrogens is 318 g/mol. The molecule has 24 heavy (non-hydrogen) atoms. The van der Waals surface area contributed by atoms with E-state index < -0.39 is 0 Å². The van der Waals surface area contributed by atoms with Gasteiger partial charge in [0.25, 0.3) is 5.91 Å². The van der Waals surface area contributed by atoms with E-state index >= 15 is 0 Å². The number of fused-ring (bicyclic) bond motifs is 1. The molecule has 1 aromatic carbocycles. The lowest BCUT2D eigenvalue weighted by atomic mass is 9.86. The number of quaternary nitrogens is 1. The zero-order valence-corrected chi connectivity index (χ0v) is 15.7. The summed E-state index contributed by atoms with van der Waals surface area (Å²) < 4.78 is 1.22. The average molecular weight is 347 g/mol. The summed E-state index contributed by atoms with van der Waals surface area (Å²) in [5, 5.41) is 4.36. The van der Waals surface area contributed by atoms with Crippen molar-refractivity contribution in [1.29, 1.82) is 0 Å². The van der Waals surface area contributed by atoms with Gasteiger partial charge in [-0.3, -0.25) is 4.79 Å². The highest BCUT2D eigenvalue weighted by atomic mass is 32.1. The lowest BCUT2D eigenvalue weighted by Crippen LogP contribution is -3.10. The van der Waals surface area contributed by atoms with Crippen LogP contribution in [0.2, 0.25) is 0 Å². The van der Waals surface area contributed by atoms with E-state index in [2.05, 4.69) is 38.3 Å². The smallest absolute Gasteiger partial charge is 0.275 e. The standard InChI is InChI=1S/C19H27N3OS/c1-13-8-4-5-9-15(13)20-18(23)12-22(3)14(2)19-21-16-10-6-7-11-17(16)24-19/h6-7,10-11,13-15H,4-5,8-9,12H2,1-3H3,(H,20,23)/p+1/t13-,14+,15+/m1/s1. The minimum atomic E-state index is 0.166. The van der Waals surface area contributed by atoms with Crippen molar-refractivity contribution >= 4 is 27.5 Å². The first-order valence-electron chi connectivity index (χ1n) is 9.01. The van der Waals surface area contributed by atoms with Gasteiger partial charge in [-0.1, -0.05) is 31.9 Å².